The number of ether oxygens (including phenoxy) is 1. The summed E-state index contributed by atoms with van der Waals surface area (Å²) in [5.41, 5.74) is 0.957. The highest BCUT2D eigenvalue weighted by atomic mass is 19.1. The van der Waals surface area contributed by atoms with Gasteiger partial charge >= 0.3 is 0 Å². The van der Waals surface area contributed by atoms with E-state index in [1.54, 1.807) is 12.1 Å². The number of morpholine rings is 1. The van der Waals surface area contributed by atoms with Gasteiger partial charge in [0.1, 0.15) is 5.82 Å². The molecule has 1 aliphatic rings. The van der Waals surface area contributed by atoms with Gasteiger partial charge in [0, 0.05) is 39.3 Å². The largest absolute Gasteiger partial charge is 0.396 e. The fourth-order valence-corrected chi connectivity index (χ4v) is 3.95. The highest BCUT2D eigenvalue weighted by molar-refractivity contribution is 5.79. The van der Waals surface area contributed by atoms with E-state index in [1.165, 1.54) is 6.07 Å². The second kappa shape index (κ2) is 13.6. The van der Waals surface area contributed by atoms with E-state index in [0.29, 0.717) is 38.1 Å². The van der Waals surface area contributed by atoms with Crippen LogP contribution in [0.2, 0.25) is 0 Å². The van der Waals surface area contributed by atoms with E-state index in [-0.39, 0.29) is 18.5 Å². The molecule has 1 saturated heterocycles. The average molecular weight is 423 g/mol. The number of guanidine groups is 1. The molecule has 7 heteroatoms. The van der Waals surface area contributed by atoms with Gasteiger partial charge in [0.05, 0.1) is 19.3 Å². The average Bonchev–Trinajstić information content (AvgIpc) is 2.72. The molecule has 0 saturated carbocycles. The molecule has 2 rings (SSSR count). The smallest absolute Gasteiger partial charge is 0.191 e. The van der Waals surface area contributed by atoms with E-state index in [9.17, 15) is 9.50 Å². The normalized spacial score (nSPS) is 17.7. The van der Waals surface area contributed by atoms with Gasteiger partial charge in [-0.2, -0.15) is 0 Å². The number of nitrogens with one attached hydrogen (secondary N) is 2. The van der Waals surface area contributed by atoms with E-state index in [1.807, 2.05) is 13.0 Å². The number of hydrogen-bond donors (Lipinski definition) is 3. The van der Waals surface area contributed by atoms with Crippen molar-refractivity contribution in [1.29, 1.82) is 0 Å². The third-order valence-electron chi connectivity index (χ3n) is 5.38. The minimum absolute atomic E-state index is 0.0392. The van der Waals surface area contributed by atoms with Crippen LogP contribution in [0.15, 0.2) is 29.3 Å². The molecule has 0 bridgehead atoms. The minimum Gasteiger partial charge on any atom is -0.396 e. The molecule has 2 atom stereocenters. The molecule has 0 aliphatic carbocycles. The van der Waals surface area contributed by atoms with Crippen molar-refractivity contribution >= 4 is 5.96 Å². The Balaban J connectivity index is 2.08. The van der Waals surface area contributed by atoms with E-state index < -0.39 is 0 Å². The molecular weight excluding hydrogens is 383 g/mol. The van der Waals surface area contributed by atoms with Crippen molar-refractivity contribution in [1.82, 2.24) is 15.5 Å². The molecule has 1 fully saturated rings. The lowest BCUT2D eigenvalue weighted by Crippen LogP contribution is -2.46. The molecule has 6 nitrogen and oxygen atoms in total. The zero-order chi connectivity index (χ0) is 21.8. The van der Waals surface area contributed by atoms with Crippen LogP contribution in [-0.4, -0.2) is 68.5 Å². The third kappa shape index (κ3) is 8.58. The van der Waals surface area contributed by atoms with Crippen LogP contribution >= 0.6 is 0 Å². The van der Waals surface area contributed by atoms with Gasteiger partial charge in [-0.15, -0.1) is 0 Å². The van der Waals surface area contributed by atoms with Crippen LogP contribution in [0.25, 0.3) is 0 Å². The Hall–Kier alpha value is -1.70. The van der Waals surface area contributed by atoms with Crippen molar-refractivity contribution in [3.8, 4) is 0 Å². The molecule has 1 aromatic rings. The first-order valence-electron chi connectivity index (χ1n) is 11.2. The highest BCUT2D eigenvalue weighted by Gasteiger charge is 2.23. The summed E-state index contributed by atoms with van der Waals surface area (Å²) < 4.78 is 19.4. The number of aliphatic hydroxyl groups is 1. The van der Waals surface area contributed by atoms with E-state index in [4.69, 9.17) is 9.73 Å². The van der Waals surface area contributed by atoms with Crippen LogP contribution in [0.1, 0.15) is 45.2 Å². The fraction of sp³-hybridized carbons (Fsp3) is 0.696. The Kier molecular flexibility index (Phi) is 11.1. The number of aliphatic hydroxyl groups excluding tert-OH is 1. The number of rotatable bonds is 11. The van der Waals surface area contributed by atoms with Crippen LogP contribution in [0, 0.1) is 17.7 Å². The number of aliphatic imine (C=N–C) groups is 1. The second-order valence-corrected chi connectivity index (χ2v) is 8.33. The molecule has 2 unspecified atom stereocenters. The summed E-state index contributed by atoms with van der Waals surface area (Å²) in [7, 11) is 0. The van der Waals surface area contributed by atoms with Crippen LogP contribution < -0.4 is 10.6 Å². The highest BCUT2D eigenvalue weighted by Crippen LogP contribution is 2.22. The Morgan fingerprint density at radius 2 is 2.03 bits per heavy atom. The van der Waals surface area contributed by atoms with Gasteiger partial charge in [-0.05, 0) is 49.3 Å². The summed E-state index contributed by atoms with van der Waals surface area (Å²) in [6.45, 7) is 11.7. The maximum absolute atomic E-state index is 13.9. The van der Waals surface area contributed by atoms with Crippen molar-refractivity contribution in [3.63, 3.8) is 0 Å². The Bertz CT molecular complexity index is 635. The predicted octanol–water partition coefficient (Wildman–Crippen LogP) is 2.80. The molecule has 30 heavy (non-hydrogen) atoms. The number of benzene rings is 1. The number of halogens is 1. The maximum Gasteiger partial charge on any atom is 0.191 e. The van der Waals surface area contributed by atoms with Crippen molar-refractivity contribution in [3.05, 3.63) is 35.6 Å². The van der Waals surface area contributed by atoms with Crippen molar-refractivity contribution in [2.45, 2.75) is 39.7 Å². The molecule has 1 aliphatic heterocycles. The summed E-state index contributed by atoms with van der Waals surface area (Å²) >= 11 is 0. The van der Waals surface area contributed by atoms with Crippen molar-refractivity contribution in [2.24, 2.45) is 16.8 Å². The van der Waals surface area contributed by atoms with Gasteiger partial charge in [-0.25, -0.2) is 4.39 Å². The van der Waals surface area contributed by atoms with Crippen LogP contribution in [-0.2, 0) is 4.74 Å². The molecule has 0 aromatic heterocycles. The van der Waals surface area contributed by atoms with E-state index >= 15 is 0 Å². The summed E-state index contributed by atoms with van der Waals surface area (Å²) in [5, 5.41) is 16.1. The fourth-order valence-electron chi connectivity index (χ4n) is 3.95. The molecule has 1 heterocycles. The zero-order valence-electron chi connectivity index (χ0n) is 18.7. The first-order chi connectivity index (χ1) is 14.5. The Labute approximate surface area is 180 Å². The summed E-state index contributed by atoms with van der Waals surface area (Å²) in [6.07, 6.45) is 1.81. The Morgan fingerprint density at radius 3 is 2.67 bits per heavy atom. The lowest BCUT2D eigenvalue weighted by Gasteiger charge is -2.35. The number of nitrogens with zero attached hydrogens (tertiary/aromatic N) is 2. The summed E-state index contributed by atoms with van der Waals surface area (Å²) in [5.74, 6) is 1.49. The van der Waals surface area contributed by atoms with Gasteiger partial charge < -0.3 is 20.5 Å². The molecule has 0 radical (unpaired) electrons. The lowest BCUT2D eigenvalue weighted by molar-refractivity contribution is 0.0169. The zero-order valence-corrected chi connectivity index (χ0v) is 18.7. The van der Waals surface area contributed by atoms with Crippen molar-refractivity contribution in [2.75, 3.05) is 52.5 Å². The van der Waals surface area contributed by atoms with E-state index in [2.05, 4.69) is 29.4 Å². The quantitative estimate of drug-likeness (QED) is 0.378. The molecule has 0 spiro atoms. The standard InChI is InChI=1S/C23H39FN4O2/c1-4-25-23(26-16-19(8-11-29)14-18(2)3)27-17-22(28-9-12-30-13-10-28)20-6-5-7-21(24)15-20/h5-7,15,18-19,22,29H,4,8-14,16-17H2,1-3H3,(H2,25,26,27). The topological polar surface area (TPSA) is 69.1 Å². The SMILES string of the molecule is CCNC(=NCC(CCO)CC(C)C)NCC(c1cccc(F)c1)N1CCOCC1. The second-order valence-electron chi connectivity index (χ2n) is 8.33. The summed E-state index contributed by atoms with van der Waals surface area (Å²) in [4.78, 5) is 7.12. The lowest BCUT2D eigenvalue weighted by atomic mass is 9.94. The molecule has 1 aromatic carbocycles. The third-order valence-corrected chi connectivity index (χ3v) is 5.38. The monoisotopic (exact) mass is 422 g/mol. The van der Waals surface area contributed by atoms with Crippen LogP contribution in [0.5, 0.6) is 0 Å². The van der Waals surface area contributed by atoms with E-state index in [0.717, 1.165) is 44.0 Å². The maximum atomic E-state index is 13.9. The number of hydrogen-bond acceptors (Lipinski definition) is 4. The van der Waals surface area contributed by atoms with Gasteiger partial charge in [0.15, 0.2) is 5.96 Å². The summed E-state index contributed by atoms with van der Waals surface area (Å²) in [6, 6.07) is 6.88. The van der Waals surface area contributed by atoms with Crippen LogP contribution in [0.3, 0.4) is 0 Å². The Morgan fingerprint density at radius 1 is 1.27 bits per heavy atom. The molecular formula is C23H39FN4O2. The first kappa shape index (κ1) is 24.6. The van der Waals surface area contributed by atoms with Gasteiger partial charge in [0.25, 0.3) is 0 Å². The molecule has 3 N–H and O–H groups in total. The predicted molar refractivity (Wildman–Crippen MR) is 120 cm³/mol. The van der Waals surface area contributed by atoms with Crippen LogP contribution in [0.4, 0.5) is 4.39 Å². The molecule has 170 valence electrons. The molecule has 0 amide bonds. The van der Waals surface area contributed by atoms with Gasteiger partial charge in [-0.1, -0.05) is 26.0 Å². The minimum atomic E-state index is -0.216. The van der Waals surface area contributed by atoms with Gasteiger partial charge in [0.2, 0.25) is 0 Å². The van der Waals surface area contributed by atoms with Crippen molar-refractivity contribution < 1.29 is 14.2 Å². The van der Waals surface area contributed by atoms with Gasteiger partial charge in [-0.3, -0.25) is 9.89 Å². The first-order valence-corrected chi connectivity index (χ1v) is 11.2.